The summed E-state index contributed by atoms with van der Waals surface area (Å²) in [6.45, 7) is 7.03. The van der Waals surface area contributed by atoms with E-state index in [1.807, 2.05) is 38.1 Å². The summed E-state index contributed by atoms with van der Waals surface area (Å²) in [4.78, 5) is 13.0. The van der Waals surface area contributed by atoms with Gasteiger partial charge in [0.25, 0.3) is 0 Å². The molecule has 0 aliphatic heterocycles. The molecular formula is C36H40Cl2F6N2O6S. The van der Waals surface area contributed by atoms with Crippen molar-refractivity contribution < 1.29 is 56.3 Å². The largest absolute Gasteiger partial charge is 0.435 e. The van der Waals surface area contributed by atoms with Crippen molar-refractivity contribution in [3.8, 4) is 28.1 Å². The molecule has 0 saturated carbocycles. The highest BCUT2D eigenvalue weighted by atomic mass is 35.5. The molecule has 4 rings (SSSR count). The number of halogens is 8. The molecule has 8 nitrogen and oxygen atoms in total. The number of ether oxygens (including phenoxy) is 1. The van der Waals surface area contributed by atoms with Gasteiger partial charge in [0.1, 0.15) is 5.75 Å². The molecule has 3 unspecified atom stereocenters. The average Bonchev–Trinajstić information content (AvgIpc) is 3.51. The van der Waals surface area contributed by atoms with Crippen LogP contribution in [0.15, 0.2) is 60.7 Å². The Kier molecular flexibility index (Phi) is 17.6. The number of thioether (sulfide) groups is 1. The molecule has 1 aromatic heterocycles. The molecule has 0 amide bonds. The maximum Gasteiger partial charge on any atom is 0.435 e. The monoisotopic (exact) mass is 812 g/mol. The van der Waals surface area contributed by atoms with Gasteiger partial charge in [0.2, 0.25) is 0 Å². The van der Waals surface area contributed by atoms with Gasteiger partial charge in [-0.3, -0.25) is 4.68 Å². The molecule has 0 spiro atoms. The second-order valence-corrected chi connectivity index (χ2v) is 13.1. The van der Waals surface area contributed by atoms with Crippen LogP contribution in [0.3, 0.4) is 0 Å². The molecule has 17 heteroatoms. The van der Waals surface area contributed by atoms with Gasteiger partial charge in [-0.25, -0.2) is 4.79 Å². The number of aliphatic hydroxyl groups excluding tert-OH is 4. The van der Waals surface area contributed by atoms with Crippen LogP contribution in [0.4, 0.5) is 26.3 Å². The molecule has 3 aromatic carbocycles. The quantitative estimate of drug-likeness (QED) is 0.0677. The Hall–Kier alpha value is -3.31. The van der Waals surface area contributed by atoms with Crippen molar-refractivity contribution >= 4 is 40.9 Å². The van der Waals surface area contributed by atoms with Crippen LogP contribution in [0.1, 0.15) is 43.2 Å². The van der Waals surface area contributed by atoms with Gasteiger partial charge >= 0.3 is 18.3 Å². The van der Waals surface area contributed by atoms with Crippen LogP contribution in [-0.2, 0) is 30.6 Å². The van der Waals surface area contributed by atoms with E-state index in [0.717, 1.165) is 34.0 Å². The fourth-order valence-corrected chi connectivity index (χ4v) is 5.90. The second kappa shape index (κ2) is 20.4. The first-order chi connectivity index (χ1) is 24.8. The molecule has 4 N–H and O–H groups in total. The van der Waals surface area contributed by atoms with E-state index in [-0.39, 0.29) is 39.5 Å². The summed E-state index contributed by atoms with van der Waals surface area (Å²) in [5, 5.41) is 42.6. The van der Waals surface area contributed by atoms with Crippen LogP contribution < -0.4 is 4.74 Å². The van der Waals surface area contributed by atoms with Crippen LogP contribution in [-0.4, -0.2) is 72.6 Å². The van der Waals surface area contributed by atoms with Gasteiger partial charge in [-0.2, -0.15) is 43.2 Å². The van der Waals surface area contributed by atoms with Gasteiger partial charge in [0.15, 0.2) is 11.8 Å². The molecule has 0 aliphatic carbocycles. The minimum Gasteiger partial charge on any atom is -0.423 e. The fraction of sp³-hybridized carbons (Fsp3) is 0.389. The molecule has 0 aliphatic rings. The topological polar surface area (TPSA) is 125 Å². The molecule has 3 atom stereocenters. The molecule has 0 bridgehead atoms. The van der Waals surface area contributed by atoms with E-state index in [4.69, 9.17) is 33.0 Å². The lowest BCUT2D eigenvalue weighted by molar-refractivity contribution is -0.148. The maximum absolute atomic E-state index is 13.7. The summed E-state index contributed by atoms with van der Waals surface area (Å²) in [5.74, 6) is -2.28. The van der Waals surface area contributed by atoms with E-state index in [0.29, 0.717) is 12.1 Å². The molecular weight excluding hydrogens is 773 g/mol. The number of alkyl halides is 6. The van der Waals surface area contributed by atoms with Gasteiger partial charge in [-0.1, -0.05) is 68.2 Å². The molecule has 4 aromatic rings. The number of aliphatic hydroxyl groups is 4. The van der Waals surface area contributed by atoms with Gasteiger partial charge in [0.05, 0.1) is 35.1 Å². The number of carbonyl (C=O) groups excluding carboxylic acids is 1. The highest BCUT2D eigenvalue weighted by molar-refractivity contribution is 7.99. The highest BCUT2D eigenvalue weighted by Crippen LogP contribution is 2.45. The predicted molar refractivity (Wildman–Crippen MR) is 194 cm³/mol. The van der Waals surface area contributed by atoms with Crippen LogP contribution in [0.25, 0.3) is 22.4 Å². The molecule has 1 heterocycles. The Morgan fingerprint density at radius 2 is 1.55 bits per heavy atom. The standard InChI is InChI=1S/C26H25ClF6N2O6S.C8H9Cl.C2H6/c1-12-3-5-15(18-8-20(26(31,32)33)34-35(18)2)23(21(12)13-4-6-17(27)16(7-13)25(28,29)30)41-24(40)22(39)19(38)11-42-10-14(37)9-36;1-2-7-3-5-8(9)6-4-7;1-2/h3-8,14,19,22,36-39H,9-11H2,1-2H3;3-6H,2H2,1H3;1-2H3. The van der Waals surface area contributed by atoms with Crippen LogP contribution in [0.2, 0.25) is 10.0 Å². The first-order valence-electron chi connectivity index (χ1n) is 16.1. The Bertz CT molecular complexity index is 1790. The van der Waals surface area contributed by atoms with E-state index < -0.39 is 65.3 Å². The Morgan fingerprint density at radius 1 is 0.925 bits per heavy atom. The number of carbonyl (C=O) groups is 1. The number of benzene rings is 3. The summed E-state index contributed by atoms with van der Waals surface area (Å²) >= 11 is 12.3. The van der Waals surface area contributed by atoms with E-state index >= 15 is 0 Å². The highest BCUT2D eigenvalue weighted by Gasteiger charge is 2.37. The molecule has 0 saturated heterocycles. The van der Waals surface area contributed by atoms with E-state index in [1.165, 1.54) is 37.7 Å². The first-order valence-corrected chi connectivity index (χ1v) is 18.0. The van der Waals surface area contributed by atoms with Crippen molar-refractivity contribution in [1.82, 2.24) is 9.78 Å². The molecule has 0 radical (unpaired) electrons. The lowest BCUT2D eigenvalue weighted by Crippen LogP contribution is -2.39. The summed E-state index contributed by atoms with van der Waals surface area (Å²) in [5.41, 5.74) is -1.61. The number of esters is 1. The smallest absolute Gasteiger partial charge is 0.423 e. The Balaban J connectivity index is 0.000000760. The van der Waals surface area contributed by atoms with Crippen LogP contribution in [0, 0.1) is 6.92 Å². The second-order valence-electron chi connectivity index (χ2n) is 11.1. The van der Waals surface area contributed by atoms with Gasteiger partial charge in [-0.05, 0) is 66.4 Å². The molecule has 0 fully saturated rings. The Labute approximate surface area is 317 Å². The van der Waals surface area contributed by atoms with Gasteiger partial charge in [0, 0.05) is 34.7 Å². The minimum atomic E-state index is -4.87. The predicted octanol–water partition coefficient (Wildman–Crippen LogP) is 8.40. The Morgan fingerprint density at radius 3 is 2.08 bits per heavy atom. The number of hydrogen-bond acceptors (Lipinski definition) is 8. The zero-order valence-electron chi connectivity index (χ0n) is 29.3. The van der Waals surface area contributed by atoms with E-state index in [2.05, 4.69) is 12.0 Å². The minimum absolute atomic E-state index is 0.0400. The summed E-state index contributed by atoms with van der Waals surface area (Å²) in [6.07, 6.45) is -13.7. The van der Waals surface area contributed by atoms with Crippen molar-refractivity contribution in [2.75, 3.05) is 18.1 Å². The number of aryl methyl sites for hydroxylation is 3. The van der Waals surface area contributed by atoms with Crippen LogP contribution in [0.5, 0.6) is 5.75 Å². The number of hydrogen-bond donors (Lipinski definition) is 4. The zero-order chi connectivity index (χ0) is 40.3. The van der Waals surface area contributed by atoms with E-state index in [9.17, 15) is 46.5 Å². The lowest BCUT2D eigenvalue weighted by Gasteiger charge is -2.21. The maximum atomic E-state index is 13.7. The third kappa shape index (κ3) is 12.9. The summed E-state index contributed by atoms with van der Waals surface area (Å²) < 4.78 is 87.4. The third-order valence-corrected chi connectivity index (χ3v) is 9.09. The number of rotatable bonds is 11. The number of nitrogens with zero attached hydrogens (tertiary/aromatic N) is 2. The lowest BCUT2D eigenvalue weighted by atomic mass is 9.94. The van der Waals surface area contributed by atoms with Gasteiger partial charge < -0.3 is 25.2 Å². The van der Waals surface area contributed by atoms with Crippen molar-refractivity contribution in [3.63, 3.8) is 0 Å². The zero-order valence-corrected chi connectivity index (χ0v) is 31.6. The van der Waals surface area contributed by atoms with E-state index in [1.54, 1.807) is 0 Å². The number of aromatic nitrogens is 2. The fourth-order valence-electron chi connectivity index (χ4n) is 4.61. The van der Waals surface area contributed by atoms with Crippen molar-refractivity contribution in [1.29, 1.82) is 0 Å². The van der Waals surface area contributed by atoms with Crippen molar-refractivity contribution in [3.05, 3.63) is 93.1 Å². The molecule has 53 heavy (non-hydrogen) atoms. The summed E-state index contributed by atoms with van der Waals surface area (Å²) in [6, 6.07) is 14.1. The third-order valence-electron chi connectivity index (χ3n) is 7.31. The first kappa shape index (κ1) is 45.8. The normalized spacial score (nSPS) is 13.2. The summed E-state index contributed by atoms with van der Waals surface area (Å²) in [7, 11) is 1.18. The van der Waals surface area contributed by atoms with Crippen molar-refractivity contribution in [2.24, 2.45) is 7.05 Å². The van der Waals surface area contributed by atoms with Crippen LogP contribution >= 0.6 is 35.0 Å². The molecule has 292 valence electrons. The average molecular weight is 814 g/mol. The SMILES string of the molecule is CC.CCc1ccc(Cl)cc1.Cc1ccc(-c2cc(C(F)(F)F)nn2C)c(OC(=O)C(O)C(O)CSCC(O)CO)c1-c1ccc(Cl)c(C(F)(F)F)c1. The van der Waals surface area contributed by atoms with Gasteiger partial charge in [-0.15, -0.1) is 0 Å². The van der Waals surface area contributed by atoms with Crippen molar-refractivity contribution in [2.45, 2.75) is 64.8 Å².